The maximum Gasteiger partial charge on any atom is 0.323 e. The van der Waals surface area contributed by atoms with Gasteiger partial charge in [-0.2, -0.15) is 0 Å². The molecule has 4 nitrogen and oxygen atoms in total. The van der Waals surface area contributed by atoms with E-state index in [4.69, 9.17) is 0 Å². The predicted octanol–water partition coefficient (Wildman–Crippen LogP) is 0.483. The van der Waals surface area contributed by atoms with Crippen molar-refractivity contribution in [1.82, 2.24) is 9.97 Å². The molecule has 1 aromatic heterocycles. The first-order chi connectivity index (χ1) is 5.18. The van der Waals surface area contributed by atoms with Gasteiger partial charge < -0.3 is 9.97 Å². The lowest BCUT2D eigenvalue weighted by Crippen LogP contribution is -2.00. The molecule has 1 heterocycles. The van der Waals surface area contributed by atoms with Gasteiger partial charge in [-0.15, -0.1) is 0 Å². The number of aromatic amines is 2. The van der Waals surface area contributed by atoms with Crippen LogP contribution in [0.25, 0.3) is 0 Å². The summed E-state index contributed by atoms with van der Waals surface area (Å²) >= 11 is 1.17. The number of aromatic nitrogens is 2. The Morgan fingerprint density at radius 1 is 1.73 bits per heavy atom. The van der Waals surface area contributed by atoms with Gasteiger partial charge in [-0.3, -0.25) is 4.79 Å². The van der Waals surface area contributed by atoms with E-state index in [9.17, 15) is 9.59 Å². The number of carbonyl (C=O) groups is 1. The van der Waals surface area contributed by atoms with E-state index in [1.54, 1.807) is 6.20 Å². The minimum absolute atomic E-state index is 0.0482. The number of hydrogen-bond acceptors (Lipinski definition) is 3. The third-order valence-electron chi connectivity index (χ3n) is 1.08. The summed E-state index contributed by atoms with van der Waals surface area (Å²) in [5.41, 5.74) is 0.513. The molecular weight excluding hydrogens is 164 g/mol. The van der Waals surface area contributed by atoms with Crippen molar-refractivity contribution in [2.24, 2.45) is 0 Å². The Hall–Kier alpha value is -0.970. The summed E-state index contributed by atoms with van der Waals surface area (Å²) in [6, 6.07) is 0. The fraction of sp³-hybridized carbons (Fsp3) is 0.333. The molecule has 0 saturated heterocycles. The maximum absolute atomic E-state index is 10.5. The minimum atomic E-state index is -0.232. The van der Waals surface area contributed by atoms with Gasteiger partial charge >= 0.3 is 5.69 Å². The average molecular weight is 172 g/mol. The Kier molecular flexibility index (Phi) is 2.53. The van der Waals surface area contributed by atoms with Crippen LogP contribution in [0.3, 0.4) is 0 Å². The van der Waals surface area contributed by atoms with E-state index in [-0.39, 0.29) is 10.8 Å². The molecule has 0 aliphatic carbocycles. The molecule has 0 fully saturated rings. The summed E-state index contributed by atoms with van der Waals surface area (Å²) in [5.74, 6) is 0.522. The van der Waals surface area contributed by atoms with Gasteiger partial charge in [0, 0.05) is 24.6 Å². The van der Waals surface area contributed by atoms with Gasteiger partial charge in [-0.05, 0) is 0 Å². The first-order valence-electron chi connectivity index (χ1n) is 3.08. The fourth-order valence-corrected chi connectivity index (χ4v) is 1.14. The van der Waals surface area contributed by atoms with Crippen LogP contribution in [-0.4, -0.2) is 15.1 Å². The van der Waals surface area contributed by atoms with Crippen molar-refractivity contribution in [3.05, 3.63) is 22.4 Å². The van der Waals surface area contributed by atoms with Crippen molar-refractivity contribution in [3.8, 4) is 0 Å². The highest BCUT2D eigenvalue weighted by Gasteiger charge is 1.97. The van der Waals surface area contributed by atoms with Gasteiger partial charge in [-0.25, -0.2) is 4.79 Å². The van der Waals surface area contributed by atoms with Crippen molar-refractivity contribution in [2.45, 2.75) is 12.7 Å². The fourth-order valence-electron chi connectivity index (χ4n) is 0.628. The first-order valence-corrected chi connectivity index (χ1v) is 4.07. The second-order valence-electron chi connectivity index (χ2n) is 2.05. The summed E-state index contributed by atoms with van der Waals surface area (Å²) < 4.78 is 0. The Labute approximate surface area is 67.4 Å². The number of hydrogen-bond donors (Lipinski definition) is 2. The van der Waals surface area contributed by atoms with Gasteiger partial charge in [0.1, 0.15) is 0 Å². The van der Waals surface area contributed by atoms with Gasteiger partial charge in [0.05, 0.1) is 0 Å². The second kappa shape index (κ2) is 3.43. The van der Waals surface area contributed by atoms with Crippen LogP contribution >= 0.6 is 11.8 Å². The highest BCUT2D eigenvalue weighted by atomic mass is 32.2. The summed E-state index contributed by atoms with van der Waals surface area (Å²) in [7, 11) is 0. The van der Waals surface area contributed by atoms with Gasteiger partial charge in [0.25, 0.3) is 0 Å². The molecule has 1 aromatic rings. The molecule has 11 heavy (non-hydrogen) atoms. The van der Waals surface area contributed by atoms with E-state index in [0.717, 1.165) is 5.69 Å². The Balaban J connectivity index is 2.51. The molecule has 0 atom stereocenters. The van der Waals surface area contributed by atoms with E-state index in [2.05, 4.69) is 9.97 Å². The molecule has 0 unspecified atom stereocenters. The van der Waals surface area contributed by atoms with Crippen LogP contribution in [0.5, 0.6) is 0 Å². The van der Waals surface area contributed by atoms with E-state index < -0.39 is 0 Å². The SMILES string of the molecule is CC(=O)SCc1c[nH]c(=O)[nH]1. The molecule has 0 radical (unpaired) electrons. The second-order valence-corrected chi connectivity index (χ2v) is 3.20. The molecule has 0 saturated carbocycles. The average Bonchev–Trinajstić information content (AvgIpc) is 2.31. The van der Waals surface area contributed by atoms with Crippen LogP contribution in [-0.2, 0) is 10.5 Å². The Morgan fingerprint density at radius 2 is 2.45 bits per heavy atom. The molecule has 60 valence electrons. The van der Waals surface area contributed by atoms with Crippen molar-refractivity contribution < 1.29 is 4.79 Å². The van der Waals surface area contributed by atoms with Crippen LogP contribution in [0, 0.1) is 0 Å². The molecule has 0 aromatic carbocycles. The van der Waals surface area contributed by atoms with Crippen LogP contribution in [0.4, 0.5) is 0 Å². The number of imidazole rings is 1. The zero-order valence-electron chi connectivity index (χ0n) is 6.01. The minimum Gasteiger partial charge on any atom is -0.313 e. The number of nitrogens with one attached hydrogen (secondary N) is 2. The normalized spacial score (nSPS) is 9.91. The molecule has 1 rings (SSSR count). The molecular formula is C6H8N2O2S. The van der Waals surface area contributed by atoms with Crippen molar-refractivity contribution in [2.75, 3.05) is 0 Å². The Bertz CT molecular complexity index is 302. The third-order valence-corrected chi connectivity index (χ3v) is 1.94. The molecule has 0 amide bonds. The molecule has 2 N–H and O–H groups in total. The molecule has 0 aliphatic heterocycles. The van der Waals surface area contributed by atoms with E-state index in [1.165, 1.54) is 18.7 Å². The first kappa shape index (κ1) is 8.13. The zero-order chi connectivity index (χ0) is 8.27. The summed E-state index contributed by atoms with van der Waals surface area (Å²) in [6.45, 7) is 1.50. The lowest BCUT2D eigenvalue weighted by atomic mass is 10.6. The lowest BCUT2D eigenvalue weighted by Gasteiger charge is -1.90. The lowest BCUT2D eigenvalue weighted by molar-refractivity contribution is -0.109. The summed E-state index contributed by atoms with van der Waals surface area (Å²) in [6.07, 6.45) is 1.57. The number of rotatable bonds is 2. The summed E-state index contributed by atoms with van der Waals surface area (Å²) in [4.78, 5) is 26.0. The van der Waals surface area contributed by atoms with E-state index >= 15 is 0 Å². The third kappa shape index (κ3) is 2.63. The van der Waals surface area contributed by atoms with E-state index in [0.29, 0.717) is 5.75 Å². The Morgan fingerprint density at radius 3 is 2.91 bits per heavy atom. The van der Waals surface area contributed by atoms with E-state index in [1.807, 2.05) is 0 Å². The standard InChI is InChI=1S/C6H8N2O2S/c1-4(9)11-3-5-2-7-6(10)8-5/h2H,3H2,1H3,(H2,7,8,10). The monoisotopic (exact) mass is 172 g/mol. The zero-order valence-corrected chi connectivity index (χ0v) is 6.83. The number of thioether (sulfide) groups is 1. The maximum atomic E-state index is 10.5. The highest BCUT2D eigenvalue weighted by molar-refractivity contribution is 8.12. The van der Waals surface area contributed by atoms with Crippen molar-refractivity contribution >= 4 is 16.9 Å². The predicted molar refractivity (Wildman–Crippen MR) is 43.4 cm³/mol. The number of H-pyrrole nitrogens is 2. The summed E-state index contributed by atoms with van der Waals surface area (Å²) in [5, 5.41) is 0.0482. The highest BCUT2D eigenvalue weighted by Crippen LogP contribution is 2.07. The smallest absolute Gasteiger partial charge is 0.313 e. The largest absolute Gasteiger partial charge is 0.323 e. The van der Waals surface area contributed by atoms with Gasteiger partial charge in [0.2, 0.25) is 0 Å². The van der Waals surface area contributed by atoms with Crippen molar-refractivity contribution in [1.29, 1.82) is 0 Å². The van der Waals surface area contributed by atoms with Crippen molar-refractivity contribution in [3.63, 3.8) is 0 Å². The van der Waals surface area contributed by atoms with Gasteiger partial charge in [0.15, 0.2) is 5.12 Å². The molecule has 5 heteroatoms. The molecule has 0 spiro atoms. The quantitative estimate of drug-likeness (QED) is 0.682. The molecule has 0 bridgehead atoms. The van der Waals surface area contributed by atoms with Crippen LogP contribution in [0.1, 0.15) is 12.6 Å². The number of carbonyl (C=O) groups excluding carboxylic acids is 1. The molecule has 0 aliphatic rings. The van der Waals surface area contributed by atoms with Crippen LogP contribution in [0.15, 0.2) is 11.0 Å². The van der Waals surface area contributed by atoms with Crippen LogP contribution < -0.4 is 5.69 Å². The topological polar surface area (TPSA) is 65.7 Å². The van der Waals surface area contributed by atoms with Crippen LogP contribution in [0.2, 0.25) is 0 Å². The van der Waals surface area contributed by atoms with Gasteiger partial charge in [-0.1, -0.05) is 11.8 Å².